The van der Waals surface area contributed by atoms with Crippen LogP contribution in [0.15, 0.2) is 72.8 Å². The number of anilines is 2. The molecular formula is C24H18F3N3O2S. The molecule has 0 fully saturated rings. The molecule has 2 amide bonds. The Balaban J connectivity index is 1.42. The number of halogens is 3. The molecule has 4 aromatic rings. The lowest BCUT2D eigenvalue weighted by Crippen LogP contribution is -2.22. The first kappa shape index (κ1) is 22.3. The number of thiophene rings is 1. The van der Waals surface area contributed by atoms with Crippen molar-refractivity contribution in [2.45, 2.75) is 12.7 Å². The Hall–Kier alpha value is -3.85. The van der Waals surface area contributed by atoms with Crippen LogP contribution in [-0.2, 0) is 12.7 Å². The number of hydrogen-bond acceptors (Lipinski definition) is 4. The second-order valence-electron chi connectivity index (χ2n) is 7.28. The Morgan fingerprint density at radius 1 is 0.909 bits per heavy atom. The Morgan fingerprint density at radius 3 is 2.33 bits per heavy atom. The predicted octanol–water partition coefficient (Wildman–Crippen LogP) is 5.68. The van der Waals surface area contributed by atoms with Gasteiger partial charge in [-0.05, 0) is 59.5 Å². The van der Waals surface area contributed by atoms with Gasteiger partial charge in [0.1, 0.15) is 0 Å². The molecule has 0 radical (unpaired) electrons. The lowest BCUT2D eigenvalue weighted by atomic mass is 10.1. The topological polar surface area (TPSA) is 84.2 Å². The number of nitrogen functional groups attached to an aromatic ring is 1. The molecule has 0 bridgehead atoms. The third kappa shape index (κ3) is 5.15. The van der Waals surface area contributed by atoms with Crippen LogP contribution in [0, 0.1) is 0 Å². The van der Waals surface area contributed by atoms with E-state index >= 15 is 0 Å². The summed E-state index contributed by atoms with van der Waals surface area (Å²) in [4.78, 5) is 25.4. The van der Waals surface area contributed by atoms with Crippen molar-refractivity contribution in [2.24, 2.45) is 0 Å². The molecule has 3 aromatic carbocycles. The van der Waals surface area contributed by atoms with E-state index in [0.29, 0.717) is 16.3 Å². The first-order valence-electron chi connectivity index (χ1n) is 9.84. The van der Waals surface area contributed by atoms with Crippen molar-refractivity contribution in [3.8, 4) is 0 Å². The zero-order chi connectivity index (χ0) is 23.6. The lowest BCUT2D eigenvalue weighted by molar-refractivity contribution is -0.137. The van der Waals surface area contributed by atoms with Crippen LogP contribution in [0.5, 0.6) is 0 Å². The van der Waals surface area contributed by atoms with E-state index in [9.17, 15) is 22.8 Å². The van der Waals surface area contributed by atoms with E-state index in [1.165, 1.54) is 11.3 Å². The van der Waals surface area contributed by atoms with E-state index in [0.717, 1.165) is 39.9 Å². The highest BCUT2D eigenvalue weighted by Crippen LogP contribution is 2.30. The number of rotatable bonds is 5. The number of nitrogens with one attached hydrogen (secondary N) is 2. The highest BCUT2D eigenvalue weighted by atomic mass is 32.1. The van der Waals surface area contributed by atoms with Gasteiger partial charge in [0.2, 0.25) is 0 Å². The molecule has 1 heterocycles. The van der Waals surface area contributed by atoms with Gasteiger partial charge in [-0.3, -0.25) is 9.59 Å². The number of hydrogen-bond donors (Lipinski definition) is 3. The van der Waals surface area contributed by atoms with Gasteiger partial charge in [0.05, 0.1) is 21.8 Å². The summed E-state index contributed by atoms with van der Waals surface area (Å²) in [5.41, 5.74) is 7.00. The predicted molar refractivity (Wildman–Crippen MR) is 123 cm³/mol. The third-order valence-electron chi connectivity index (χ3n) is 4.94. The monoisotopic (exact) mass is 469 g/mol. The second kappa shape index (κ2) is 8.95. The first-order valence-corrected chi connectivity index (χ1v) is 10.7. The summed E-state index contributed by atoms with van der Waals surface area (Å²) in [6.45, 7) is 0.190. The minimum Gasteiger partial charge on any atom is -0.397 e. The Morgan fingerprint density at radius 2 is 1.64 bits per heavy atom. The van der Waals surface area contributed by atoms with Crippen molar-refractivity contribution in [1.29, 1.82) is 0 Å². The largest absolute Gasteiger partial charge is 0.416 e. The van der Waals surface area contributed by atoms with E-state index in [1.54, 1.807) is 30.3 Å². The number of alkyl halides is 3. The summed E-state index contributed by atoms with van der Waals surface area (Å²) >= 11 is 1.31. The van der Waals surface area contributed by atoms with Crippen molar-refractivity contribution in [3.63, 3.8) is 0 Å². The van der Waals surface area contributed by atoms with Gasteiger partial charge in [-0.2, -0.15) is 13.2 Å². The summed E-state index contributed by atoms with van der Waals surface area (Å²) in [7, 11) is 0. The van der Waals surface area contributed by atoms with Crippen LogP contribution in [0.1, 0.15) is 31.2 Å². The second-order valence-corrected chi connectivity index (χ2v) is 8.37. The van der Waals surface area contributed by atoms with Crippen molar-refractivity contribution in [3.05, 3.63) is 94.4 Å². The molecular weight excluding hydrogens is 451 g/mol. The number of fused-ring (bicyclic) bond motifs is 1. The number of carbonyl (C=O) groups excluding carboxylic acids is 2. The normalized spacial score (nSPS) is 11.4. The van der Waals surface area contributed by atoms with Crippen LogP contribution in [-0.4, -0.2) is 11.8 Å². The van der Waals surface area contributed by atoms with E-state index in [2.05, 4.69) is 10.6 Å². The van der Waals surface area contributed by atoms with Crippen molar-refractivity contribution in [2.75, 3.05) is 11.1 Å². The molecule has 33 heavy (non-hydrogen) atoms. The zero-order valence-corrected chi connectivity index (χ0v) is 17.9. The molecule has 0 unspecified atom stereocenters. The summed E-state index contributed by atoms with van der Waals surface area (Å²) in [6, 6.07) is 18.3. The van der Waals surface area contributed by atoms with Crippen molar-refractivity contribution < 1.29 is 22.8 Å². The average molecular weight is 469 g/mol. The number of carbonyl (C=O) groups is 2. The molecule has 0 saturated carbocycles. The molecule has 9 heteroatoms. The molecule has 0 atom stereocenters. The maximum absolute atomic E-state index is 12.7. The average Bonchev–Trinajstić information content (AvgIpc) is 3.22. The van der Waals surface area contributed by atoms with Gasteiger partial charge in [-0.1, -0.05) is 24.3 Å². The zero-order valence-electron chi connectivity index (χ0n) is 17.1. The fourth-order valence-electron chi connectivity index (χ4n) is 3.19. The number of benzene rings is 3. The Labute approximate surface area is 191 Å². The summed E-state index contributed by atoms with van der Waals surface area (Å²) in [5, 5.41) is 6.37. The third-order valence-corrected chi connectivity index (χ3v) is 6.04. The van der Waals surface area contributed by atoms with Gasteiger partial charge in [-0.15, -0.1) is 11.3 Å². The van der Waals surface area contributed by atoms with Gasteiger partial charge in [-0.25, -0.2) is 0 Å². The molecule has 0 saturated heterocycles. The minimum absolute atomic E-state index is 0.138. The quantitative estimate of drug-likeness (QED) is 0.329. The van der Waals surface area contributed by atoms with E-state index in [-0.39, 0.29) is 18.0 Å². The smallest absolute Gasteiger partial charge is 0.397 e. The first-order chi connectivity index (χ1) is 15.7. The summed E-state index contributed by atoms with van der Waals surface area (Å²) in [6.07, 6.45) is -4.45. The Kier molecular flexibility index (Phi) is 6.06. The number of para-hydroxylation sites is 2. The van der Waals surface area contributed by atoms with Crippen molar-refractivity contribution >= 4 is 44.6 Å². The van der Waals surface area contributed by atoms with E-state index in [1.807, 2.05) is 18.2 Å². The fourth-order valence-corrected chi connectivity index (χ4v) is 4.21. The Bertz CT molecular complexity index is 1330. The van der Waals surface area contributed by atoms with Crippen LogP contribution in [0.4, 0.5) is 24.5 Å². The molecule has 4 N–H and O–H groups in total. The molecule has 0 spiro atoms. The molecule has 4 rings (SSSR count). The minimum atomic E-state index is -4.45. The standard InChI is InChI=1S/C24H18F3N3O2S/c25-24(26,27)17-9-7-15(8-10-17)22(31)29-13-14-5-6-16-12-21(33-20(16)11-14)23(32)30-19-4-2-1-3-18(19)28/h1-12H,13,28H2,(H,29,31)(H,30,32). The molecule has 1 aromatic heterocycles. The SMILES string of the molecule is Nc1ccccc1NC(=O)c1cc2ccc(CNC(=O)c3ccc(C(F)(F)F)cc3)cc2s1. The molecule has 0 aliphatic heterocycles. The molecule has 5 nitrogen and oxygen atoms in total. The molecule has 168 valence electrons. The van der Waals surface area contributed by atoms with Gasteiger partial charge < -0.3 is 16.4 Å². The van der Waals surface area contributed by atoms with E-state index < -0.39 is 17.6 Å². The van der Waals surface area contributed by atoms with Gasteiger partial charge in [0, 0.05) is 16.8 Å². The summed E-state index contributed by atoms with van der Waals surface area (Å²) < 4.78 is 38.9. The van der Waals surface area contributed by atoms with Crippen LogP contribution >= 0.6 is 11.3 Å². The van der Waals surface area contributed by atoms with E-state index in [4.69, 9.17) is 5.73 Å². The van der Waals surface area contributed by atoms with Crippen LogP contribution < -0.4 is 16.4 Å². The summed E-state index contributed by atoms with van der Waals surface area (Å²) in [5.74, 6) is -0.748. The number of amides is 2. The maximum atomic E-state index is 12.7. The number of nitrogens with two attached hydrogens (primary N) is 1. The lowest BCUT2D eigenvalue weighted by Gasteiger charge is -2.08. The van der Waals surface area contributed by atoms with Crippen LogP contribution in [0.25, 0.3) is 10.1 Å². The fraction of sp³-hybridized carbons (Fsp3) is 0.0833. The molecule has 0 aliphatic carbocycles. The molecule has 0 aliphatic rings. The highest BCUT2D eigenvalue weighted by Gasteiger charge is 2.30. The van der Waals surface area contributed by atoms with Gasteiger partial charge in [0.25, 0.3) is 11.8 Å². The maximum Gasteiger partial charge on any atom is 0.416 e. The van der Waals surface area contributed by atoms with Gasteiger partial charge in [0.15, 0.2) is 0 Å². The van der Waals surface area contributed by atoms with Crippen LogP contribution in [0.2, 0.25) is 0 Å². The van der Waals surface area contributed by atoms with Crippen molar-refractivity contribution in [1.82, 2.24) is 5.32 Å². The van der Waals surface area contributed by atoms with Crippen LogP contribution in [0.3, 0.4) is 0 Å². The highest BCUT2D eigenvalue weighted by molar-refractivity contribution is 7.20. The van der Waals surface area contributed by atoms with Gasteiger partial charge >= 0.3 is 6.18 Å².